The number of hydroxylamine groups is 2. The van der Waals surface area contributed by atoms with Gasteiger partial charge in [-0.25, -0.2) is 24.0 Å². The van der Waals surface area contributed by atoms with Crippen molar-refractivity contribution in [1.29, 1.82) is 0 Å². The number of nitrogens with one attached hydrogen (secondary N) is 1. The number of fused-ring (bicyclic) bond motifs is 1. The van der Waals surface area contributed by atoms with E-state index in [0.29, 0.717) is 36.1 Å². The number of hydrogen-bond donors (Lipinski definition) is 1. The maximum atomic E-state index is 13.3. The number of hydrogen-bond acceptors (Lipinski definition) is 9. The summed E-state index contributed by atoms with van der Waals surface area (Å²) in [7, 11) is 0. The van der Waals surface area contributed by atoms with Crippen molar-refractivity contribution >= 4 is 23.9 Å². The highest BCUT2D eigenvalue weighted by molar-refractivity contribution is 6.20. The van der Waals surface area contributed by atoms with E-state index in [1.807, 2.05) is 48.6 Å². The van der Waals surface area contributed by atoms with Gasteiger partial charge >= 0.3 is 12.1 Å². The fourth-order valence-electron chi connectivity index (χ4n) is 4.22. The number of ether oxygens (including phenoxy) is 3. The Morgan fingerprint density at radius 2 is 1.56 bits per heavy atom. The van der Waals surface area contributed by atoms with Crippen LogP contribution in [-0.2, 0) is 25.7 Å². The Hall–Kier alpha value is -4.78. The molecule has 1 N–H and O–H groups in total. The van der Waals surface area contributed by atoms with Gasteiger partial charge in [0, 0.05) is 19.0 Å². The number of pyridine rings is 1. The van der Waals surface area contributed by atoms with Crippen LogP contribution in [0.15, 0.2) is 61.3 Å². The van der Waals surface area contributed by atoms with E-state index in [-0.39, 0.29) is 17.7 Å². The zero-order chi connectivity index (χ0) is 33.0. The van der Waals surface area contributed by atoms with Gasteiger partial charge in [-0.3, -0.25) is 9.59 Å². The van der Waals surface area contributed by atoms with Crippen LogP contribution in [0.3, 0.4) is 0 Å². The van der Waals surface area contributed by atoms with Crippen LogP contribution in [0.2, 0.25) is 0 Å². The summed E-state index contributed by atoms with van der Waals surface area (Å²) in [4.78, 5) is 61.2. The smallest absolute Gasteiger partial charge is 0.407 e. The molecule has 2 aromatic heterocycles. The molecule has 3 aromatic rings. The average Bonchev–Trinajstić information content (AvgIpc) is 3.52. The minimum absolute atomic E-state index is 0.179. The number of aromatic nitrogens is 3. The molecule has 0 aliphatic carbocycles. The van der Waals surface area contributed by atoms with E-state index in [9.17, 15) is 19.2 Å². The monoisotopic (exact) mass is 622 g/mol. The highest BCUT2D eigenvalue weighted by atomic mass is 16.7. The van der Waals surface area contributed by atoms with E-state index >= 15 is 0 Å². The molecule has 4 rings (SSSR count). The number of esters is 1. The Morgan fingerprint density at radius 3 is 2.13 bits per heavy atom. The van der Waals surface area contributed by atoms with Crippen LogP contribution in [0.25, 0.3) is 5.82 Å². The third kappa shape index (κ3) is 8.66. The molecule has 1 aliphatic heterocycles. The molecule has 1 atom stereocenters. The predicted octanol–water partition coefficient (Wildman–Crippen LogP) is 3.78. The van der Waals surface area contributed by atoms with Gasteiger partial charge in [0.15, 0.2) is 0 Å². The van der Waals surface area contributed by atoms with Gasteiger partial charge < -0.3 is 19.5 Å². The quantitative estimate of drug-likeness (QED) is 0.146. The zero-order valence-electron chi connectivity index (χ0n) is 26.7. The lowest BCUT2D eigenvalue weighted by Crippen LogP contribution is -2.52. The molecule has 3 amide bonds. The third-order valence-electron chi connectivity index (χ3n) is 6.33. The Labute approximate surface area is 262 Å². The lowest BCUT2D eigenvalue weighted by molar-refractivity contribution is -0.696. The standard InChI is InChI=1S/C32H39N5O8/c1-30(2,3)43-28(40)32(7,45-37-26(38)23-11-8-9-12-24(23)27(37)39)20-42-22-13-14-25(34-19-22)36-18-17-35(21-36)16-10-15-33-29(41)44-31(4,5)6/h8-9,11-14,17-19,21H,10,15-16,20H2,1-7H3/p+1/t32-/m0/s1. The van der Waals surface area contributed by atoms with Crippen molar-refractivity contribution in [2.45, 2.75) is 78.2 Å². The molecule has 0 unspecified atom stereocenters. The van der Waals surface area contributed by atoms with Gasteiger partial charge in [0.2, 0.25) is 17.7 Å². The molecule has 3 heterocycles. The van der Waals surface area contributed by atoms with Crippen LogP contribution < -0.4 is 14.6 Å². The van der Waals surface area contributed by atoms with E-state index in [2.05, 4.69) is 10.3 Å². The first-order valence-electron chi connectivity index (χ1n) is 14.6. The van der Waals surface area contributed by atoms with Gasteiger partial charge in [0.1, 0.15) is 36.0 Å². The first-order valence-corrected chi connectivity index (χ1v) is 14.6. The Balaban J connectivity index is 1.38. The number of aryl methyl sites for hydroxylation is 1. The topological polar surface area (TPSA) is 142 Å². The lowest BCUT2D eigenvalue weighted by atomic mass is 10.1. The second kappa shape index (κ2) is 13.1. The third-order valence-corrected chi connectivity index (χ3v) is 6.33. The number of alkyl carbamates (subject to hydrolysis) is 1. The molecule has 240 valence electrons. The molecule has 0 bridgehead atoms. The van der Waals surface area contributed by atoms with Crippen LogP contribution in [0.4, 0.5) is 4.79 Å². The van der Waals surface area contributed by atoms with Gasteiger partial charge in [-0.1, -0.05) is 12.1 Å². The SMILES string of the molecule is CC(C)(C)OC(=O)NCCC[n+]1ccn(-c2ccc(OC[C@](C)(ON3C(=O)c4ccccc4C3=O)C(=O)OC(C)(C)C)cn2)c1. The first kappa shape index (κ1) is 33.1. The maximum absolute atomic E-state index is 13.3. The predicted molar refractivity (Wildman–Crippen MR) is 160 cm³/mol. The molecule has 13 heteroatoms. The summed E-state index contributed by atoms with van der Waals surface area (Å²) in [6.07, 6.45) is 7.35. The minimum atomic E-state index is -1.86. The summed E-state index contributed by atoms with van der Waals surface area (Å²) in [6, 6.07) is 9.72. The van der Waals surface area contributed by atoms with Crippen molar-refractivity contribution < 1.29 is 42.8 Å². The fourth-order valence-corrected chi connectivity index (χ4v) is 4.22. The van der Waals surface area contributed by atoms with Gasteiger partial charge in [-0.15, -0.1) is 5.06 Å². The number of imide groups is 1. The van der Waals surface area contributed by atoms with Gasteiger partial charge in [-0.05, 0) is 66.7 Å². The molecular weight excluding hydrogens is 582 g/mol. The summed E-state index contributed by atoms with van der Waals surface area (Å²) < 4.78 is 20.5. The second-order valence-corrected chi connectivity index (χ2v) is 12.8. The van der Waals surface area contributed by atoms with Crippen molar-refractivity contribution in [3.8, 4) is 11.6 Å². The summed E-state index contributed by atoms with van der Waals surface area (Å²) in [5.41, 5.74) is -2.91. The van der Waals surface area contributed by atoms with Crippen molar-refractivity contribution in [2.75, 3.05) is 13.2 Å². The van der Waals surface area contributed by atoms with Crippen LogP contribution >= 0.6 is 0 Å². The lowest BCUT2D eigenvalue weighted by Gasteiger charge is -2.32. The number of carbonyl (C=O) groups excluding carboxylic acids is 4. The number of carbonyl (C=O) groups is 4. The molecule has 45 heavy (non-hydrogen) atoms. The molecular formula is C32H40N5O8+. The molecule has 0 saturated heterocycles. The maximum Gasteiger partial charge on any atom is 0.407 e. The molecule has 1 aliphatic rings. The van der Waals surface area contributed by atoms with Gasteiger partial charge in [0.05, 0.1) is 23.9 Å². The fraction of sp³-hybridized carbons (Fsp3) is 0.438. The normalized spacial score (nSPS) is 14.5. The zero-order valence-corrected chi connectivity index (χ0v) is 26.7. The summed E-state index contributed by atoms with van der Waals surface area (Å²) in [6.45, 7) is 12.7. The Kier molecular flexibility index (Phi) is 9.62. The summed E-state index contributed by atoms with van der Waals surface area (Å²) in [5, 5.41) is 3.32. The molecule has 0 saturated carbocycles. The number of rotatable bonds is 11. The highest BCUT2D eigenvalue weighted by Gasteiger charge is 2.47. The largest absolute Gasteiger partial charge is 0.488 e. The summed E-state index contributed by atoms with van der Waals surface area (Å²) >= 11 is 0. The van der Waals surface area contributed by atoms with Crippen molar-refractivity contribution in [3.05, 3.63) is 72.4 Å². The van der Waals surface area contributed by atoms with Crippen molar-refractivity contribution in [3.63, 3.8) is 0 Å². The van der Waals surface area contributed by atoms with Gasteiger partial charge in [0.25, 0.3) is 11.8 Å². The number of amides is 3. The van der Waals surface area contributed by atoms with E-state index in [4.69, 9.17) is 19.0 Å². The van der Waals surface area contributed by atoms with Crippen LogP contribution in [0.1, 0.15) is 75.6 Å². The molecule has 0 radical (unpaired) electrons. The van der Waals surface area contributed by atoms with E-state index in [1.165, 1.54) is 25.3 Å². The number of benzene rings is 1. The van der Waals surface area contributed by atoms with Crippen LogP contribution in [-0.4, -0.2) is 68.4 Å². The molecule has 0 fully saturated rings. The van der Waals surface area contributed by atoms with Crippen LogP contribution in [0.5, 0.6) is 5.75 Å². The number of imidazole rings is 1. The van der Waals surface area contributed by atoms with E-state index in [1.54, 1.807) is 45.0 Å². The first-order chi connectivity index (χ1) is 21.0. The molecule has 0 spiro atoms. The van der Waals surface area contributed by atoms with E-state index in [0.717, 1.165) is 0 Å². The Bertz CT molecular complexity index is 1520. The summed E-state index contributed by atoms with van der Waals surface area (Å²) in [5.74, 6) is -1.23. The van der Waals surface area contributed by atoms with Crippen molar-refractivity contribution in [1.82, 2.24) is 19.9 Å². The van der Waals surface area contributed by atoms with Gasteiger partial charge in [-0.2, -0.15) is 4.57 Å². The Morgan fingerprint density at radius 1 is 0.911 bits per heavy atom. The average molecular weight is 623 g/mol. The number of nitrogens with zero attached hydrogens (tertiary/aromatic N) is 4. The minimum Gasteiger partial charge on any atom is -0.488 e. The van der Waals surface area contributed by atoms with Crippen molar-refractivity contribution in [2.24, 2.45) is 0 Å². The molecule has 1 aromatic carbocycles. The van der Waals surface area contributed by atoms with Crippen LogP contribution in [0, 0.1) is 0 Å². The molecule has 13 nitrogen and oxygen atoms in total. The highest BCUT2D eigenvalue weighted by Crippen LogP contribution is 2.28. The van der Waals surface area contributed by atoms with E-state index < -0.39 is 40.7 Å². The second-order valence-electron chi connectivity index (χ2n) is 12.8.